The van der Waals surface area contributed by atoms with Crippen molar-refractivity contribution in [2.45, 2.75) is 6.92 Å². The van der Waals surface area contributed by atoms with Crippen molar-refractivity contribution >= 4 is 28.8 Å². The molecule has 0 spiro atoms. The number of hydrogen-bond acceptors (Lipinski definition) is 8. The van der Waals surface area contributed by atoms with E-state index in [4.69, 9.17) is 28.1 Å². The van der Waals surface area contributed by atoms with E-state index in [0.717, 1.165) is 5.39 Å². The fraction of sp³-hybridized carbons (Fsp3) is 0.143. The Hall–Kier alpha value is -4.72. The van der Waals surface area contributed by atoms with Crippen molar-refractivity contribution in [3.63, 3.8) is 0 Å². The third kappa shape index (κ3) is 4.02. The summed E-state index contributed by atoms with van der Waals surface area (Å²) in [7, 11) is 4.56. The van der Waals surface area contributed by atoms with Crippen LogP contribution in [0.3, 0.4) is 0 Å². The van der Waals surface area contributed by atoms with Crippen LogP contribution in [0.2, 0.25) is 0 Å². The van der Waals surface area contributed by atoms with Crippen LogP contribution in [0.25, 0.3) is 17.0 Å². The standard InChI is InChI=1S/C28H22O8/c1-15-9-18(34-28(30)25-10-16-7-5-6-8-19(16)35-25)13-23-26(15)27(29)24(36-23)12-17-11-21(32-3)22(33-4)14-20(17)31-2/h5-14H,1-4H3/b24-12-. The SMILES string of the molecule is COc1cc(OC)c(OC)cc1/C=C1\Oc2cc(OC(=O)c3cc4ccccc4o3)cc(C)c2C1=O. The summed E-state index contributed by atoms with van der Waals surface area (Å²) in [4.78, 5) is 25.8. The van der Waals surface area contributed by atoms with Gasteiger partial charge in [-0.05, 0) is 42.8 Å². The van der Waals surface area contributed by atoms with Crippen molar-refractivity contribution in [2.75, 3.05) is 21.3 Å². The van der Waals surface area contributed by atoms with Gasteiger partial charge in [-0.25, -0.2) is 4.79 Å². The molecule has 0 aliphatic carbocycles. The third-order valence-electron chi connectivity index (χ3n) is 5.80. The zero-order chi connectivity index (χ0) is 25.4. The molecule has 1 aliphatic heterocycles. The van der Waals surface area contributed by atoms with E-state index in [1.807, 2.05) is 18.2 Å². The van der Waals surface area contributed by atoms with Crippen LogP contribution < -0.4 is 23.7 Å². The van der Waals surface area contributed by atoms with E-state index in [0.29, 0.717) is 39.5 Å². The van der Waals surface area contributed by atoms with Crippen LogP contribution in [0.1, 0.15) is 32.0 Å². The fourth-order valence-corrected chi connectivity index (χ4v) is 4.08. The Morgan fingerprint density at radius 1 is 0.889 bits per heavy atom. The lowest BCUT2D eigenvalue weighted by atomic mass is 10.0. The normalized spacial score (nSPS) is 13.4. The molecule has 1 aromatic heterocycles. The number of allylic oxidation sites excluding steroid dienone is 1. The minimum absolute atomic E-state index is 0.0764. The molecule has 5 rings (SSSR count). The minimum Gasteiger partial charge on any atom is -0.496 e. The van der Waals surface area contributed by atoms with Crippen molar-refractivity contribution in [3.8, 4) is 28.7 Å². The summed E-state index contributed by atoms with van der Waals surface area (Å²) in [6, 6.07) is 15.4. The number of esters is 1. The molecule has 3 aromatic carbocycles. The van der Waals surface area contributed by atoms with Gasteiger partial charge in [0.2, 0.25) is 11.5 Å². The van der Waals surface area contributed by atoms with E-state index >= 15 is 0 Å². The first-order chi connectivity index (χ1) is 17.4. The molecule has 1 aliphatic rings. The highest BCUT2D eigenvalue weighted by atomic mass is 16.5. The molecule has 36 heavy (non-hydrogen) atoms. The van der Waals surface area contributed by atoms with Crippen LogP contribution in [0, 0.1) is 6.92 Å². The molecule has 0 N–H and O–H groups in total. The molecule has 0 atom stereocenters. The summed E-state index contributed by atoms with van der Waals surface area (Å²) in [5.41, 5.74) is 2.15. The summed E-state index contributed by atoms with van der Waals surface area (Å²) in [6.07, 6.45) is 1.57. The van der Waals surface area contributed by atoms with Gasteiger partial charge in [0.05, 0.1) is 26.9 Å². The average molecular weight is 486 g/mol. The molecule has 0 saturated carbocycles. The fourth-order valence-electron chi connectivity index (χ4n) is 4.08. The van der Waals surface area contributed by atoms with Crippen LogP contribution in [0.15, 0.2) is 64.8 Å². The van der Waals surface area contributed by atoms with Gasteiger partial charge in [-0.1, -0.05) is 18.2 Å². The number of Topliss-reactive ketones (excluding diaryl/α,β-unsaturated/α-hetero) is 1. The number of aryl methyl sites for hydroxylation is 1. The van der Waals surface area contributed by atoms with Gasteiger partial charge >= 0.3 is 5.97 Å². The van der Waals surface area contributed by atoms with Gasteiger partial charge in [0.15, 0.2) is 17.3 Å². The largest absolute Gasteiger partial charge is 0.496 e. The first kappa shape index (κ1) is 23.0. The molecule has 0 saturated heterocycles. The van der Waals surface area contributed by atoms with Gasteiger partial charge in [-0.2, -0.15) is 0 Å². The van der Waals surface area contributed by atoms with E-state index in [1.165, 1.54) is 27.4 Å². The molecule has 182 valence electrons. The molecule has 2 heterocycles. The number of furan rings is 1. The predicted octanol–water partition coefficient (Wildman–Crippen LogP) is 5.60. The first-order valence-electron chi connectivity index (χ1n) is 11.0. The zero-order valence-electron chi connectivity index (χ0n) is 20.0. The Morgan fingerprint density at radius 3 is 2.33 bits per heavy atom. The van der Waals surface area contributed by atoms with Gasteiger partial charge in [0.25, 0.3) is 0 Å². The van der Waals surface area contributed by atoms with Crippen LogP contribution in [0.5, 0.6) is 28.7 Å². The summed E-state index contributed by atoms with van der Waals surface area (Å²) < 4.78 is 33.1. The number of hydrogen-bond donors (Lipinski definition) is 0. The Balaban J connectivity index is 1.44. The minimum atomic E-state index is -0.652. The van der Waals surface area contributed by atoms with Crippen molar-refractivity contribution in [2.24, 2.45) is 0 Å². The number of benzene rings is 3. The van der Waals surface area contributed by atoms with E-state index in [2.05, 4.69) is 0 Å². The first-order valence-corrected chi connectivity index (χ1v) is 11.0. The summed E-state index contributed by atoms with van der Waals surface area (Å²) >= 11 is 0. The molecular weight excluding hydrogens is 464 g/mol. The van der Waals surface area contributed by atoms with E-state index in [1.54, 1.807) is 43.3 Å². The smallest absolute Gasteiger partial charge is 0.379 e. The Kier molecular flexibility index (Phi) is 5.85. The number of carbonyl (C=O) groups is 2. The van der Waals surface area contributed by atoms with Crippen molar-refractivity contribution in [3.05, 3.63) is 82.8 Å². The maximum atomic E-state index is 13.1. The maximum Gasteiger partial charge on any atom is 0.379 e. The lowest BCUT2D eigenvalue weighted by molar-refractivity contribution is 0.0703. The third-order valence-corrected chi connectivity index (χ3v) is 5.80. The number of ketones is 1. The average Bonchev–Trinajstić information content (AvgIpc) is 3.45. The second-order valence-electron chi connectivity index (χ2n) is 8.04. The van der Waals surface area contributed by atoms with E-state index < -0.39 is 5.97 Å². The number of carbonyl (C=O) groups excluding carboxylic acids is 2. The lowest BCUT2D eigenvalue weighted by Crippen LogP contribution is -2.07. The second kappa shape index (κ2) is 9.14. The van der Waals surface area contributed by atoms with Gasteiger partial charge in [0.1, 0.15) is 22.8 Å². The quantitative estimate of drug-likeness (QED) is 0.197. The van der Waals surface area contributed by atoms with Gasteiger partial charge in [-0.15, -0.1) is 0 Å². The molecule has 0 fully saturated rings. The van der Waals surface area contributed by atoms with Crippen molar-refractivity contribution in [1.29, 1.82) is 0 Å². The summed E-state index contributed by atoms with van der Waals surface area (Å²) in [5.74, 6) is 1.19. The number of rotatable bonds is 6. The summed E-state index contributed by atoms with van der Waals surface area (Å²) in [5, 5.41) is 0.795. The summed E-state index contributed by atoms with van der Waals surface area (Å²) in [6.45, 7) is 1.75. The molecule has 0 unspecified atom stereocenters. The second-order valence-corrected chi connectivity index (χ2v) is 8.04. The van der Waals surface area contributed by atoms with E-state index in [-0.39, 0.29) is 28.8 Å². The van der Waals surface area contributed by atoms with Crippen LogP contribution in [0.4, 0.5) is 0 Å². The zero-order valence-corrected chi connectivity index (χ0v) is 20.0. The number of methoxy groups -OCH3 is 3. The molecule has 0 radical (unpaired) electrons. The van der Waals surface area contributed by atoms with E-state index in [9.17, 15) is 9.59 Å². The number of fused-ring (bicyclic) bond motifs is 2. The molecule has 0 amide bonds. The predicted molar refractivity (Wildman–Crippen MR) is 131 cm³/mol. The van der Waals surface area contributed by atoms with Crippen molar-refractivity contribution < 1.29 is 37.7 Å². The van der Waals surface area contributed by atoms with Gasteiger partial charge < -0.3 is 28.1 Å². The molecule has 0 bridgehead atoms. The Bertz CT molecular complexity index is 1510. The number of ether oxygens (including phenoxy) is 5. The van der Waals surface area contributed by atoms with Crippen LogP contribution in [-0.4, -0.2) is 33.1 Å². The highest BCUT2D eigenvalue weighted by Gasteiger charge is 2.31. The van der Waals surface area contributed by atoms with Gasteiger partial charge in [0, 0.05) is 23.1 Å². The highest BCUT2D eigenvalue weighted by Crippen LogP contribution is 2.40. The molecule has 8 nitrogen and oxygen atoms in total. The topological polar surface area (TPSA) is 93.4 Å². The van der Waals surface area contributed by atoms with Crippen LogP contribution in [-0.2, 0) is 0 Å². The Labute approximate surface area is 206 Å². The van der Waals surface area contributed by atoms with Crippen LogP contribution >= 0.6 is 0 Å². The highest BCUT2D eigenvalue weighted by molar-refractivity contribution is 6.15. The van der Waals surface area contributed by atoms with Gasteiger partial charge in [-0.3, -0.25) is 4.79 Å². The lowest BCUT2D eigenvalue weighted by Gasteiger charge is -2.12. The maximum absolute atomic E-state index is 13.1. The van der Waals surface area contributed by atoms with Crippen molar-refractivity contribution in [1.82, 2.24) is 0 Å². The Morgan fingerprint density at radius 2 is 1.61 bits per heavy atom. The molecule has 4 aromatic rings. The monoisotopic (exact) mass is 486 g/mol. The number of para-hydroxylation sites is 1. The molecule has 8 heteroatoms. The molecular formula is C28H22O8.